The van der Waals surface area contributed by atoms with Crippen molar-refractivity contribution in [2.45, 2.75) is 20.4 Å². The van der Waals surface area contributed by atoms with E-state index in [9.17, 15) is 0 Å². The van der Waals surface area contributed by atoms with E-state index < -0.39 is 0 Å². The van der Waals surface area contributed by atoms with Gasteiger partial charge in [-0.25, -0.2) is 4.98 Å². The van der Waals surface area contributed by atoms with Crippen molar-refractivity contribution in [1.82, 2.24) is 14.3 Å². The van der Waals surface area contributed by atoms with Crippen LogP contribution < -0.4 is 0 Å². The minimum absolute atomic E-state index is 0.195. The van der Waals surface area contributed by atoms with Crippen molar-refractivity contribution in [1.29, 1.82) is 0 Å². The molecule has 2 heterocycles. The molecule has 4 heteroatoms. The molecular formula is C13H19N3O. The lowest BCUT2D eigenvalue weighted by Gasteiger charge is -2.17. The van der Waals surface area contributed by atoms with E-state index in [0.717, 1.165) is 24.4 Å². The summed E-state index contributed by atoms with van der Waals surface area (Å²) in [5, 5.41) is 8.96. The summed E-state index contributed by atoms with van der Waals surface area (Å²) in [5.74, 6) is 0. The van der Waals surface area contributed by atoms with Crippen LogP contribution in [0.5, 0.6) is 0 Å². The van der Waals surface area contributed by atoms with E-state index in [0.29, 0.717) is 6.54 Å². The highest BCUT2D eigenvalue weighted by Crippen LogP contribution is 2.11. The summed E-state index contributed by atoms with van der Waals surface area (Å²) in [6.07, 6.45) is 4.07. The predicted octanol–water partition coefficient (Wildman–Crippen LogP) is 1.46. The zero-order valence-electron chi connectivity index (χ0n) is 10.4. The zero-order valence-corrected chi connectivity index (χ0v) is 10.4. The normalized spacial score (nSPS) is 11.5. The molecule has 0 saturated heterocycles. The highest BCUT2D eigenvalue weighted by atomic mass is 16.3. The molecule has 0 unspecified atom stereocenters. The first-order chi connectivity index (χ1) is 8.24. The van der Waals surface area contributed by atoms with Crippen LogP contribution >= 0.6 is 0 Å². The van der Waals surface area contributed by atoms with Gasteiger partial charge in [0.15, 0.2) is 0 Å². The van der Waals surface area contributed by atoms with Crippen LogP contribution in [-0.4, -0.2) is 39.1 Å². The molecule has 92 valence electrons. The molecule has 1 N–H and O–H groups in total. The Morgan fingerprint density at radius 1 is 1.47 bits per heavy atom. The van der Waals surface area contributed by atoms with Gasteiger partial charge in [0.2, 0.25) is 0 Å². The van der Waals surface area contributed by atoms with Crippen molar-refractivity contribution in [3.8, 4) is 0 Å². The van der Waals surface area contributed by atoms with Crippen molar-refractivity contribution in [2.24, 2.45) is 0 Å². The van der Waals surface area contributed by atoms with E-state index in [1.807, 2.05) is 12.3 Å². The lowest BCUT2D eigenvalue weighted by atomic mass is 10.3. The largest absolute Gasteiger partial charge is 0.395 e. The summed E-state index contributed by atoms with van der Waals surface area (Å²) >= 11 is 0. The summed E-state index contributed by atoms with van der Waals surface area (Å²) in [7, 11) is 0. The fourth-order valence-corrected chi connectivity index (χ4v) is 2.00. The molecule has 0 atom stereocenters. The second-order valence-electron chi connectivity index (χ2n) is 4.25. The first kappa shape index (κ1) is 12.1. The van der Waals surface area contributed by atoms with Crippen LogP contribution in [0.15, 0.2) is 24.5 Å². The Balaban J connectivity index is 2.21. The highest BCUT2D eigenvalue weighted by Gasteiger charge is 2.07. The molecule has 0 aromatic carbocycles. The first-order valence-electron chi connectivity index (χ1n) is 6.01. The van der Waals surface area contributed by atoms with Gasteiger partial charge in [-0.1, -0.05) is 13.0 Å². The standard InChI is InChI=1S/C13H19N3O/c1-3-15(7-8-17)9-12-10-16-6-4-5-11(2)13(16)14-12/h4-6,10,17H,3,7-9H2,1-2H3. The van der Waals surface area contributed by atoms with Gasteiger partial charge < -0.3 is 9.51 Å². The van der Waals surface area contributed by atoms with E-state index in [2.05, 4.69) is 40.4 Å². The summed E-state index contributed by atoms with van der Waals surface area (Å²) < 4.78 is 2.05. The smallest absolute Gasteiger partial charge is 0.139 e. The predicted molar refractivity (Wildman–Crippen MR) is 68.0 cm³/mol. The Hall–Kier alpha value is -1.39. The molecule has 2 aromatic heterocycles. The number of aliphatic hydroxyl groups is 1. The average molecular weight is 233 g/mol. The maximum atomic E-state index is 8.96. The molecule has 4 nitrogen and oxygen atoms in total. The second-order valence-corrected chi connectivity index (χ2v) is 4.25. The molecule has 0 amide bonds. The third kappa shape index (κ3) is 2.65. The SMILES string of the molecule is CCN(CCO)Cc1cn2cccc(C)c2n1. The van der Waals surface area contributed by atoms with Gasteiger partial charge in [-0.15, -0.1) is 0 Å². The fourth-order valence-electron chi connectivity index (χ4n) is 2.00. The number of rotatable bonds is 5. The molecule has 0 aliphatic rings. The molecule has 0 fully saturated rings. The van der Waals surface area contributed by atoms with E-state index >= 15 is 0 Å². The fraction of sp³-hybridized carbons (Fsp3) is 0.462. The molecule has 0 saturated carbocycles. The molecule has 17 heavy (non-hydrogen) atoms. The maximum absolute atomic E-state index is 8.96. The Morgan fingerprint density at radius 2 is 2.29 bits per heavy atom. The van der Waals surface area contributed by atoms with Crippen molar-refractivity contribution >= 4 is 5.65 Å². The van der Waals surface area contributed by atoms with Crippen molar-refractivity contribution in [2.75, 3.05) is 19.7 Å². The number of nitrogens with zero attached hydrogens (tertiary/aromatic N) is 3. The number of hydrogen-bond acceptors (Lipinski definition) is 3. The Bertz CT molecular complexity index is 492. The third-order valence-electron chi connectivity index (χ3n) is 2.98. The van der Waals surface area contributed by atoms with Gasteiger partial charge in [-0.05, 0) is 25.1 Å². The quantitative estimate of drug-likeness (QED) is 0.850. The van der Waals surface area contributed by atoms with Gasteiger partial charge in [-0.2, -0.15) is 0 Å². The summed E-state index contributed by atoms with van der Waals surface area (Å²) in [5.41, 5.74) is 3.25. The van der Waals surface area contributed by atoms with Crippen LogP contribution in [0.2, 0.25) is 0 Å². The second kappa shape index (κ2) is 5.29. The van der Waals surface area contributed by atoms with Gasteiger partial charge in [0.05, 0.1) is 12.3 Å². The van der Waals surface area contributed by atoms with E-state index in [-0.39, 0.29) is 6.61 Å². The number of pyridine rings is 1. The van der Waals surface area contributed by atoms with E-state index in [1.54, 1.807) is 0 Å². The van der Waals surface area contributed by atoms with E-state index in [1.165, 1.54) is 5.56 Å². The number of aliphatic hydroxyl groups excluding tert-OH is 1. The lowest BCUT2D eigenvalue weighted by Crippen LogP contribution is -2.26. The van der Waals surface area contributed by atoms with Crippen molar-refractivity contribution in [3.05, 3.63) is 35.8 Å². The zero-order chi connectivity index (χ0) is 12.3. The molecule has 0 spiro atoms. The molecule has 2 rings (SSSR count). The van der Waals surface area contributed by atoms with Crippen LogP contribution in [0.25, 0.3) is 5.65 Å². The Morgan fingerprint density at radius 3 is 2.94 bits per heavy atom. The van der Waals surface area contributed by atoms with Gasteiger partial charge in [-0.3, -0.25) is 4.90 Å². The first-order valence-corrected chi connectivity index (χ1v) is 6.01. The minimum Gasteiger partial charge on any atom is -0.395 e. The number of aromatic nitrogens is 2. The molecule has 2 aromatic rings. The number of fused-ring (bicyclic) bond motifs is 1. The van der Waals surface area contributed by atoms with Gasteiger partial charge >= 0.3 is 0 Å². The Labute approximate surface area is 102 Å². The van der Waals surface area contributed by atoms with Crippen LogP contribution in [0.4, 0.5) is 0 Å². The van der Waals surface area contributed by atoms with Gasteiger partial charge in [0.1, 0.15) is 5.65 Å². The molecular weight excluding hydrogens is 214 g/mol. The Kier molecular flexibility index (Phi) is 3.76. The highest BCUT2D eigenvalue weighted by molar-refractivity contribution is 5.47. The van der Waals surface area contributed by atoms with Crippen molar-refractivity contribution < 1.29 is 5.11 Å². The van der Waals surface area contributed by atoms with Gasteiger partial charge in [0.25, 0.3) is 0 Å². The van der Waals surface area contributed by atoms with Crippen molar-refractivity contribution in [3.63, 3.8) is 0 Å². The molecule has 0 radical (unpaired) electrons. The summed E-state index contributed by atoms with van der Waals surface area (Å²) in [6, 6.07) is 4.09. The molecule has 0 aliphatic carbocycles. The average Bonchev–Trinajstić information content (AvgIpc) is 2.72. The van der Waals surface area contributed by atoms with Crippen LogP contribution in [0.1, 0.15) is 18.2 Å². The lowest BCUT2D eigenvalue weighted by molar-refractivity contribution is 0.195. The number of likely N-dealkylation sites (N-methyl/N-ethyl adjacent to an activating group) is 1. The monoisotopic (exact) mass is 233 g/mol. The third-order valence-corrected chi connectivity index (χ3v) is 2.98. The maximum Gasteiger partial charge on any atom is 0.139 e. The van der Waals surface area contributed by atoms with Crippen LogP contribution in [-0.2, 0) is 6.54 Å². The van der Waals surface area contributed by atoms with Crippen LogP contribution in [0, 0.1) is 6.92 Å². The van der Waals surface area contributed by atoms with Gasteiger partial charge in [0, 0.05) is 25.5 Å². The number of hydrogen-bond donors (Lipinski definition) is 1. The minimum atomic E-state index is 0.195. The number of imidazole rings is 1. The molecule has 0 aliphatic heterocycles. The summed E-state index contributed by atoms with van der Waals surface area (Å²) in [6.45, 7) is 6.77. The summed E-state index contributed by atoms with van der Waals surface area (Å²) in [4.78, 5) is 6.80. The van der Waals surface area contributed by atoms with Crippen LogP contribution in [0.3, 0.4) is 0 Å². The molecule has 0 bridgehead atoms. The topological polar surface area (TPSA) is 40.8 Å². The number of aryl methyl sites for hydroxylation is 1. The van der Waals surface area contributed by atoms with E-state index in [4.69, 9.17) is 5.11 Å².